The zero-order valence-corrected chi connectivity index (χ0v) is 8.37. The Labute approximate surface area is 80.4 Å². The highest BCUT2D eigenvalue weighted by atomic mass is 35.5. The van der Waals surface area contributed by atoms with E-state index in [9.17, 15) is 0 Å². The first-order valence-corrected chi connectivity index (χ1v) is 4.68. The van der Waals surface area contributed by atoms with Crippen molar-refractivity contribution in [3.05, 3.63) is 0 Å². The van der Waals surface area contributed by atoms with Gasteiger partial charge in [0.15, 0.2) is 0 Å². The van der Waals surface area contributed by atoms with Gasteiger partial charge in [-0.1, -0.05) is 0 Å². The molecule has 5 heteroatoms. The van der Waals surface area contributed by atoms with Gasteiger partial charge in [0, 0.05) is 11.8 Å². The lowest BCUT2D eigenvalue weighted by Gasteiger charge is -1.92. The number of halogens is 5. The molecule has 0 saturated heterocycles. The van der Waals surface area contributed by atoms with E-state index in [4.69, 9.17) is 58.0 Å². The standard InChI is InChI=1S/C3H5Cl3.CH2Cl2/c4-1-3(6)2-5;2-1-3/h3H,1-2H2;1H2. The minimum atomic E-state index is -0.0617. The van der Waals surface area contributed by atoms with Gasteiger partial charge in [0.05, 0.1) is 10.7 Å². The summed E-state index contributed by atoms with van der Waals surface area (Å²) in [7, 11) is 0. The molecule has 9 heavy (non-hydrogen) atoms. The van der Waals surface area contributed by atoms with Crippen LogP contribution in [-0.2, 0) is 0 Å². The van der Waals surface area contributed by atoms with Crippen molar-refractivity contribution in [2.24, 2.45) is 0 Å². The number of rotatable bonds is 2. The molecule has 0 atom stereocenters. The first-order chi connectivity index (χ1) is 4.22. The van der Waals surface area contributed by atoms with Gasteiger partial charge in [0.25, 0.3) is 0 Å². The zero-order valence-electron chi connectivity index (χ0n) is 4.59. The minimum Gasteiger partial charge on any atom is -0.125 e. The second-order valence-electron chi connectivity index (χ2n) is 1.01. The van der Waals surface area contributed by atoms with Gasteiger partial charge in [-0.3, -0.25) is 0 Å². The summed E-state index contributed by atoms with van der Waals surface area (Å²) < 4.78 is 0. The average molecular weight is 232 g/mol. The van der Waals surface area contributed by atoms with E-state index in [2.05, 4.69) is 0 Å². The second-order valence-corrected chi connectivity index (χ2v) is 3.05. The molecule has 0 spiro atoms. The molecule has 0 saturated carbocycles. The van der Waals surface area contributed by atoms with E-state index < -0.39 is 0 Å². The maximum Gasteiger partial charge on any atom is 0.0967 e. The third kappa shape index (κ3) is 17.7. The van der Waals surface area contributed by atoms with Gasteiger partial charge in [0.1, 0.15) is 0 Å². The van der Waals surface area contributed by atoms with Crippen LogP contribution in [0.4, 0.5) is 0 Å². The van der Waals surface area contributed by atoms with E-state index in [1.54, 1.807) is 0 Å². The van der Waals surface area contributed by atoms with Crippen molar-refractivity contribution >= 4 is 58.0 Å². The maximum absolute atomic E-state index is 5.39. The largest absolute Gasteiger partial charge is 0.125 e. The molecule has 0 aromatic rings. The zero-order chi connectivity index (χ0) is 7.70. The molecular formula is C4H7Cl5. The summed E-state index contributed by atoms with van der Waals surface area (Å²) in [5.74, 6) is 0.871. The highest BCUT2D eigenvalue weighted by Crippen LogP contribution is 1.99. The number of alkyl halides is 5. The first kappa shape index (κ1) is 13.1. The molecule has 0 amide bonds. The van der Waals surface area contributed by atoms with Crippen LogP contribution in [0.3, 0.4) is 0 Å². The molecule has 0 unspecified atom stereocenters. The van der Waals surface area contributed by atoms with Crippen LogP contribution in [-0.4, -0.2) is 22.5 Å². The maximum atomic E-state index is 5.39. The fraction of sp³-hybridized carbons (Fsp3) is 1.00. The normalized spacial score (nSPS) is 8.67. The lowest BCUT2D eigenvalue weighted by molar-refractivity contribution is 1.12. The highest BCUT2D eigenvalue weighted by Gasteiger charge is 1.95. The second kappa shape index (κ2) is 12.2. The molecule has 0 aromatic carbocycles. The van der Waals surface area contributed by atoms with Gasteiger partial charge >= 0.3 is 0 Å². The summed E-state index contributed by atoms with van der Waals surface area (Å²) in [5, 5.41) is 0.133. The van der Waals surface area contributed by atoms with E-state index in [1.807, 2.05) is 0 Å². The number of hydrogen-bond acceptors (Lipinski definition) is 0. The lowest BCUT2D eigenvalue weighted by atomic mass is 10.6. The van der Waals surface area contributed by atoms with Crippen LogP contribution in [0.5, 0.6) is 0 Å². The van der Waals surface area contributed by atoms with Crippen molar-refractivity contribution in [1.29, 1.82) is 0 Å². The van der Waals surface area contributed by atoms with Crippen molar-refractivity contribution in [1.82, 2.24) is 0 Å². The molecule has 0 aliphatic heterocycles. The third-order valence-electron chi connectivity index (χ3n) is 0.335. The highest BCUT2D eigenvalue weighted by molar-refractivity contribution is 6.40. The van der Waals surface area contributed by atoms with E-state index >= 15 is 0 Å². The van der Waals surface area contributed by atoms with E-state index in [1.165, 1.54) is 0 Å². The SMILES string of the molecule is ClCC(Cl)CCl.ClCCl. The predicted molar refractivity (Wildman–Crippen MR) is 47.7 cm³/mol. The molecule has 0 aliphatic rings. The molecule has 0 N–H and O–H groups in total. The van der Waals surface area contributed by atoms with Crippen LogP contribution < -0.4 is 0 Å². The van der Waals surface area contributed by atoms with Crippen LogP contribution in [0, 0.1) is 0 Å². The quantitative estimate of drug-likeness (QED) is 0.639. The Hall–Kier alpha value is 1.45. The Kier molecular flexibility index (Phi) is 17.7. The summed E-state index contributed by atoms with van der Waals surface area (Å²) in [5.41, 5.74) is 0. The van der Waals surface area contributed by atoms with Crippen LogP contribution in [0.25, 0.3) is 0 Å². The first-order valence-electron chi connectivity index (χ1n) is 2.10. The van der Waals surface area contributed by atoms with E-state index in [0.717, 1.165) is 0 Å². The van der Waals surface area contributed by atoms with Crippen molar-refractivity contribution < 1.29 is 0 Å². The molecule has 0 fully saturated rings. The van der Waals surface area contributed by atoms with Gasteiger partial charge in [-0.15, -0.1) is 58.0 Å². The van der Waals surface area contributed by atoms with E-state index in [-0.39, 0.29) is 10.7 Å². The fourth-order valence-electron chi connectivity index (χ4n) is 0.0412. The molecule has 0 aliphatic carbocycles. The van der Waals surface area contributed by atoms with Gasteiger partial charge in [-0.25, -0.2) is 0 Å². The fourth-order valence-corrected chi connectivity index (χ4v) is 0.371. The van der Waals surface area contributed by atoms with Crippen LogP contribution in [0.1, 0.15) is 0 Å². The van der Waals surface area contributed by atoms with Crippen molar-refractivity contribution in [3.63, 3.8) is 0 Å². The van der Waals surface area contributed by atoms with Crippen LogP contribution in [0.15, 0.2) is 0 Å². The van der Waals surface area contributed by atoms with E-state index in [0.29, 0.717) is 11.8 Å². The molecule has 58 valence electrons. The average Bonchev–Trinajstić information content (AvgIpc) is 1.88. The molecular weight excluding hydrogens is 225 g/mol. The van der Waals surface area contributed by atoms with Gasteiger partial charge in [0.2, 0.25) is 0 Å². The van der Waals surface area contributed by atoms with Crippen LogP contribution >= 0.6 is 58.0 Å². The molecule has 0 heterocycles. The number of hydrogen-bond donors (Lipinski definition) is 0. The van der Waals surface area contributed by atoms with Crippen molar-refractivity contribution in [3.8, 4) is 0 Å². The van der Waals surface area contributed by atoms with Crippen molar-refractivity contribution in [2.75, 3.05) is 17.1 Å². The molecule has 0 aromatic heterocycles. The predicted octanol–water partition coefficient (Wildman–Crippen LogP) is 3.49. The van der Waals surface area contributed by atoms with Crippen molar-refractivity contribution in [2.45, 2.75) is 5.38 Å². The Bertz CT molecular complexity index is 35.9. The lowest BCUT2D eigenvalue weighted by Crippen LogP contribution is -1.99. The summed E-state index contributed by atoms with van der Waals surface area (Å²) in [6, 6.07) is 0. The monoisotopic (exact) mass is 230 g/mol. The van der Waals surface area contributed by atoms with Gasteiger partial charge in [-0.05, 0) is 0 Å². The Morgan fingerprint density at radius 2 is 1.11 bits per heavy atom. The van der Waals surface area contributed by atoms with Crippen LogP contribution in [0.2, 0.25) is 0 Å². The van der Waals surface area contributed by atoms with Gasteiger partial charge < -0.3 is 0 Å². The Morgan fingerprint density at radius 1 is 0.889 bits per heavy atom. The molecule has 0 bridgehead atoms. The summed E-state index contributed by atoms with van der Waals surface area (Å²) >= 11 is 25.4. The molecule has 0 nitrogen and oxygen atoms in total. The van der Waals surface area contributed by atoms with Gasteiger partial charge in [-0.2, -0.15) is 0 Å². The summed E-state index contributed by atoms with van der Waals surface area (Å²) in [4.78, 5) is 0. The Morgan fingerprint density at radius 3 is 1.11 bits per heavy atom. The third-order valence-corrected chi connectivity index (χ3v) is 1.70. The minimum absolute atomic E-state index is 0.0617. The molecule has 0 radical (unpaired) electrons. The smallest absolute Gasteiger partial charge is 0.0967 e. The topological polar surface area (TPSA) is 0 Å². The summed E-state index contributed by atoms with van der Waals surface area (Å²) in [6.45, 7) is 0. The molecule has 0 rings (SSSR count). The summed E-state index contributed by atoms with van der Waals surface area (Å²) in [6.07, 6.45) is 0. The Balaban J connectivity index is 0.